The molecule has 3 amide bonds. The minimum absolute atomic E-state index is 0.0317. The molecule has 3 aliphatic rings. The van der Waals surface area contributed by atoms with Gasteiger partial charge in [-0.05, 0) is 31.7 Å². The van der Waals surface area contributed by atoms with E-state index >= 15 is 0 Å². The van der Waals surface area contributed by atoms with Gasteiger partial charge in [0, 0.05) is 31.7 Å². The summed E-state index contributed by atoms with van der Waals surface area (Å²) in [6, 6.07) is 7.84. The highest BCUT2D eigenvalue weighted by atomic mass is 16.5. The second-order valence-electron chi connectivity index (χ2n) is 7.17. The minimum Gasteiger partial charge on any atom is -0.491 e. The van der Waals surface area contributed by atoms with E-state index in [1.165, 1.54) is 0 Å². The molecule has 1 N–H and O–H groups in total. The van der Waals surface area contributed by atoms with Gasteiger partial charge in [0.1, 0.15) is 12.4 Å². The lowest BCUT2D eigenvalue weighted by atomic mass is 9.96. The quantitative estimate of drug-likeness (QED) is 0.895. The number of nitrogens with zero attached hydrogens (tertiary/aromatic N) is 2. The highest BCUT2D eigenvalue weighted by Crippen LogP contribution is 2.32. The number of para-hydroxylation sites is 1. The number of hydrogen-bond acceptors (Lipinski definition) is 3. The van der Waals surface area contributed by atoms with Gasteiger partial charge < -0.3 is 19.9 Å². The molecular weight excluding hydrogens is 318 g/mol. The summed E-state index contributed by atoms with van der Waals surface area (Å²) in [5, 5.41) is 3.12. The molecule has 0 saturated carbocycles. The Morgan fingerprint density at radius 2 is 1.80 bits per heavy atom. The van der Waals surface area contributed by atoms with E-state index in [2.05, 4.69) is 5.32 Å². The van der Waals surface area contributed by atoms with Crippen molar-refractivity contribution in [3.8, 4) is 5.75 Å². The van der Waals surface area contributed by atoms with Crippen LogP contribution in [0.5, 0.6) is 5.75 Å². The van der Waals surface area contributed by atoms with Gasteiger partial charge in [0.15, 0.2) is 0 Å². The zero-order valence-electron chi connectivity index (χ0n) is 14.4. The lowest BCUT2D eigenvalue weighted by molar-refractivity contribution is -0.127. The molecule has 2 atom stereocenters. The topological polar surface area (TPSA) is 61.9 Å². The molecule has 0 bridgehead atoms. The van der Waals surface area contributed by atoms with Crippen molar-refractivity contribution in [3.63, 3.8) is 0 Å². The third kappa shape index (κ3) is 3.30. The molecule has 4 rings (SSSR count). The van der Waals surface area contributed by atoms with Gasteiger partial charge >= 0.3 is 6.03 Å². The number of carbonyl (C=O) groups is 2. The zero-order valence-corrected chi connectivity index (χ0v) is 14.4. The van der Waals surface area contributed by atoms with Crippen molar-refractivity contribution in [1.82, 2.24) is 15.1 Å². The first-order chi connectivity index (χ1) is 12.2. The van der Waals surface area contributed by atoms with Gasteiger partial charge in [-0.1, -0.05) is 18.2 Å². The van der Waals surface area contributed by atoms with E-state index in [-0.39, 0.29) is 23.9 Å². The number of ether oxygens (including phenoxy) is 1. The van der Waals surface area contributed by atoms with Crippen molar-refractivity contribution >= 4 is 11.9 Å². The fourth-order valence-electron chi connectivity index (χ4n) is 4.05. The molecule has 2 fully saturated rings. The Balaban J connectivity index is 1.36. The maximum absolute atomic E-state index is 12.7. The van der Waals surface area contributed by atoms with Crippen molar-refractivity contribution in [2.45, 2.75) is 31.7 Å². The van der Waals surface area contributed by atoms with E-state index in [0.717, 1.165) is 56.6 Å². The van der Waals surface area contributed by atoms with Crippen LogP contribution >= 0.6 is 0 Å². The van der Waals surface area contributed by atoms with Gasteiger partial charge in [-0.15, -0.1) is 0 Å². The molecule has 0 aromatic heterocycles. The van der Waals surface area contributed by atoms with E-state index in [4.69, 9.17) is 4.74 Å². The highest BCUT2D eigenvalue weighted by Gasteiger charge is 2.33. The van der Waals surface area contributed by atoms with E-state index in [1.54, 1.807) is 0 Å². The summed E-state index contributed by atoms with van der Waals surface area (Å²) < 4.78 is 5.64. The molecule has 6 heteroatoms. The number of piperidine rings is 1. The molecule has 0 spiro atoms. The Labute approximate surface area is 148 Å². The number of carbonyl (C=O) groups excluding carboxylic acids is 2. The van der Waals surface area contributed by atoms with Crippen LogP contribution in [0.2, 0.25) is 0 Å². The average molecular weight is 343 g/mol. The third-order valence-electron chi connectivity index (χ3n) is 5.46. The van der Waals surface area contributed by atoms with E-state index in [0.29, 0.717) is 13.2 Å². The first-order valence-electron chi connectivity index (χ1n) is 9.28. The average Bonchev–Trinajstić information content (AvgIpc) is 3.32. The maximum Gasteiger partial charge on any atom is 0.320 e. The van der Waals surface area contributed by atoms with Crippen molar-refractivity contribution in [2.75, 3.05) is 32.8 Å². The summed E-state index contributed by atoms with van der Waals surface area (Å²) in [6.07, 6.45) is 3.90. The smallest absolute Gasteiger partial charge is 0.320 e. The van der Waals surface area contributed by atoms with Crippen LogP contribution in [0.3, 0.4) is 0 Å². The molecule has 1 aromatic rings. The van der Waals surface area contributed by atoms with Gasteiger partial charge in [-0.3, -0.25) is 4.79 Å². The number of benzene rings is 1. The van der Waals surface area contributed by atoms with Crippen LogP contribution in [0, 0.1) is 5.92 Å². The predicted molar refractivity (Wildman–Crippen MR) is 93.3 cm³/mol. The standard InChI is InChI=1S/C19H25N3O3/c23-18(20-16-13-25-17-8-2-1-7-15(16)17)14-6-5-11-22(12-14)19(24)21-9-3-4-10-21/h1-2,7-8,14,16H,3-6,9-13H2,(H,20,23)/t14-,16-/m0/s1. The van der Waals surface area contributed by atoms with Crippen LogP contribution < -0.4 is 10.1 Å². The molecule has 2 saturated heterocycles. The van der Waals surface area contributed by atoms with Gasteiger partial charge in [-0.25, -0.2) is 4.79 Å². The number of urea groups is 1. The molecule has 0 aliphatic carbocycles. The van der Waals surface area contributed by atoms with Crippen LogP contribution in [-0.2, 0) is 4.79 Å². The summed E-state index contributed by atoms with van der Waals surface area (Å²) in [5.41, 5.74) is 1.04. The Morgan fingerprint density at radius 1 is 1.04 bits per heavy atom. The second-order valence-corrected chi connectivity index (χ2v) is 7.17. The summed E-state index contributed by atoms with van der Waals surface area (Å²) in [5.74, 6) is 0.750. The van der Waals surface area contributed by atoms with Crippen molar-refractivity contribution < 1.29 is 14.3 Å². The second kappa shape index (κ2) is 6.94. The van der Waals surface area contributed by atoms with Crippen LogP contribution in [0.25, 0.3) is 0 Å². The van der Waals surface area contributed by atoms with Gasteiger partial charge in [-0.2, -0.15) is 0 Å². The molecular formula is C19H25N3O3. The number of likely N-dealkylation sites (tertiary alicyclic amines) is 2. The molecule has 3 aliphatic heterocycles. The third-order valence-corrected chi connectivity index (χ3v) is 5.46. The molecule has 0 unspecified atom stereocenters. The van der Waals surface area contributed by atoms with E-state index in [1.807, 2.05) is 34.1 Å². The number of nitrogens with one attached hydrogen (secondary N) is 1. The normalized spacial score (nSPS) is 25.4. The maximum atomic E-state index is 12.7. The molecule has 0 radical (unpaired) electrons. The minimum atomic E-state index is -0.131. The van der Waals surface area contributed by atoms with Crippen molar-refractivity contribution in [2.24, 2.45) is 5.92 Å². The molecule has 6 nitrogen and oxygen atoms in total. The van der Waals surface area contributed by atoms with Crippen molar-refractivity contribution in [3.05, 3.63) is 29.8 Å². The molecule has 134 valence electrons. The Morgan fingerprint density at radius 3 is 2.64 bits per heavy atom. The first kappa shape index (κ1) is 16.2. The lowest BCUT2D eigenvalue weighted by Gasteiger charge is -2.35. The fraction of sp³-hybridized carbons (Fsp3) is 0.579. The molecule has 25 heavy (non-hydrogen) atoms. The van der Waals surface area contributed by atoms with Gasteiger partial charge in [0.05, 0.1) is 12.0 Å². The zero-order chi connectivity index (χ0) is 17.2. The largest absolute Gasteiger partial charge is 0.491 e. The monoisotopic (exact) mass is 343 g/mol. The predicted octanol–water partition coefficient (Wildman–Crippen LogP) is 2.16. The summed E-state index contributed by atoms with van der Waals surface area (Å²) in [4.78, 5) is 29.1. The highest BCUT2D eigenvalue weighted by molar-refractivity contribution is 5.81. The summed E-state index contributed by atoms with van der Waals surface area (Å²) >= 11 is 0. The number of hydrogen-bond donors (Lipinski definition) is 1. The Kier molecular flexibility index (Phi) is 4.51. The SMILES string of the molecule is O=C(N[C@H]1COc2ccccc21)[C@H]1CCCN(C(=O)N2CCCC2)C1. The van der Waals surface area contributed by atoms with E-state index in [9.17, 15) is 9.59 Å². The van der Waals surface area contributed by atoms with E-state index < -0.39 is 0 Å². The lowest BCUT2D eigenvalue weighted by Crippen LogP contribution is -2.50. The van der Waals surface area contributed by atoms with Gasteiger partial charge in [0.2, 0.25) is 5.91 Å². The first-order valence-corrected chi connectivity index (χ1v) is 9.28. The van der Waals surface area contributed by atoms with Crippen molar-refractivity contribution in [1.29, 1.82) is 0 Å². The van der Waals surface area contributed by atoms with Crippen LogP contribution in [-0.4, -0.2) is 54.5 Å². The Hall–Kier alpha value is -2.24. The van der Waals surface area contributed by atoms with Crippen LogP contribution in [0.4, 0.5) is 4.79 Å². The summed E-state index contributed by atoms with van der Waals surface area (Å²) in [7, 11) is 0. The molecule has 3 heterocycles. The number of rotatable bonds is 2. The van der Waals surface area contributed by atoms with Gasteiger partial charge in [0.25, 0.3) is 0 Å². The van der Waals surface area contributed by atoms with Crippen LogP contribution in [0.1, 0.15) is 37.3 Å². The summed E-state index contributed by atoms with van der Waals surface area (Å²) in [6.45, 7) is 3.46. The number of amides is 3. The molecule has 1 aromatic carbocycles. The Bertz CT molecular complexity index is 657. The van der Waals surface area contributed by atoms with Crippen LogP contribution in [0.15, 0.2) is 24.3 Å². The fourth-order valence-corrected chi connectivity index (χ4v) is 4.05. The number of fused-ring (bicyclic) bond motifs is 1.